The minimum atomic E-state index is -4.44. The average Bonchev–Trinajstić information content (AvgIpc) is 2.33. The summed E-state index contributed by atoms with van der Waals surface area (Å²) in [4.78, 5) is 9.98. The Morgan fingerprint density at radius 1 is 1.24 bits per heavy atom. The van der Waals surface area contributed by atoms with Gasteiger partial charge in [-0.3, -0.25) is 4.79 Å². The Labute approximate surface area is 123 Å². The van der Waals surface area contributed by atoms with Crippen LogP contribution in [0.5, 0.6) is 0 Å². The zero-order valence-electron chi connectivity index (χ0n) is 10.6. The molecule has 0 aliphatic carbocycles. The lowest BCUT2D eigenvalue weighted by molar-refractivity contribution is -0.137. The summed E-state index contributed by atoms with van der Waals surface area (Å²) in [6.07, 6.45) is -0.0553. The minimum Gasteiger partial charge on any atom is -0.481 e. The molecule has 1 rings (SSSR count). The number of carboxylic acids is 1. The van der Waals surface area contributed by atoms with Crippen LogP contribution in [0.2, 0.25) is 0 Å². The van der Waals surface area contributed by atoms with E-state index in [1.54, 1.807) is 0 Å². The predicted octanol–water partition coefficient (Wildman–Crippen LogP) is 2.44. The van der Waals surface area contributed by atoms with E-state index in [1.165, 1.54) is 0 Å². The van der Waals surface area contributed by atoms with Gasteiger partial charge in [-0.05, 0) is 42.4 Å². The minimum absolute atomic E-state index is 0.0618. The van der Waals surface area contributed by atoms with Crippen molar-refractivity contribution in [1.82, 2.24) is 4.72 Å². The molecule has 0 atom stereocenters. The Morgan fingerprint density at radius 3 is 2.29 bits per heavy atom. The van der Waals surface area contributed by atoms with Gasteiger partial charge in [0.1, 0.15) is 0 Å². The molecular weight excluding hydrogens is 331 g/mol. The first kappa shape index (κ1) is 17.8. The zero-order chi connectivity index (χ0) is 16.1. The Hall–Kier alpha value is -1.26. The molecule has 21 heavy (non-hydrogen) atoms. The molecule has 0 aliphatic heterocycles. The Bertz CT molecular complexity index is 584. The van der Waals surface area contributed by atoms with Gasteiger partial charge in [0.25, 0.3) is 0 Å². The summed E-state index contributed by atoms with van der Waals surface area (Å²) < 4.78 is 62.1. The van der Waals surface area contributed by atoms with Gasteiger partial charge in [-0.2, -0.15) is 13.2 Å². The lowest BCUT2D eigenvalue weighted by Crippen LogP contribution is -2.25. The van der Waals surface area contributed by atoms with E-state index in [2.05, 4.69) is 4.72 Å². The molecule has 0 spiro atoms. The summed E-state index contributed by atoms with van der Waals surface area (Å²) >= 11 is -0.336. The molecule has 0 aliphatic rings. The summed E-state index contributed by atoms with van der Waals surface area (Å²) in [6, 6.07) is 4.25. The van der Waals surface area contributed by atoms with E-state index >= 15 is 0 Å². The highest BCUT2D eigenvalue weighted by Gasteiger charge is 2.29. The number of hydrogen-bond donors (Lipinski definition) is 2. The van der Waals surface area contributed by atoms with E-state index in [1.807, 2.05) is 0 Å². The third-order valence-corrected chi connectivity index (χ3v) is 4.44. The molecule has 0 unspecified atom stereocenters. The van der Waals surface area contributed by atoms with Crippen molar-refractivity contribution < 1.29 is 31.5 Å². The number of aliphatic carboxylic acids is 1. The van der Waals surface area contributed by atoms with E-state index in [9.17, 15) is 26.4 Å². The van der Waals surface area contributed by atoms with Crippen molar-refractivity contribution in [2.45, 2.75) is 28.1 Å². The zero-order valence-corrected chi connectivity index (χ0v) is 12.2. The van der Waals surface area contributed by atoms with Gasteiger partial charge < -0.3 is 5.11 Å². The van der Waals surface area contributed by atoms with Crippen LogP contribution in [0, 0.1) is 0 Å². The van der Waals surface area contributed by atoms with Crippen LogP contribution in [-0.2, 0) is 14.8 Å². The van der Waals surface area contributed by atoms with Crippen molar-refractivity contribution in [3.8, 4) is 0 Å². The third-order valence-electron chi connectivity index (χ3n) is 2.23. The number of nitrogens with one attached hydrogen (secondary N) is 1. The van der Waals surface area contributed by atoms with Crippen molar-refractivity contribution in [3.05, 3.63) is 24.3 Å². The molecule has 1 aromatic carbocycles. The molecule has 10 heteroatoms. The molecule has 0 fully saturated rings. The van der Waals surface area contributed by atoms with Gasteiger partial charge in [-0.15, -0.1) is 0 Å². The fraction of sp³-hybridized carbons (Fsp3) is 0.364. The number of hydrogen-bond acceptors (Lipinski definition) is 4. The first-order valence-corrected chi connectivity index (χ1v) is 7.97. The van der Waals surface area contributed by atoms with Gasteiger partial charge in [0, 0.05) is 17.9 Å². The number of benzene rings is 1. The molecule has 0 saturated carbocycles. The van der Waals surface area contributed by atoms with Crippen LogP contribution in [-0.4, -0.2) is 31.5 Å². The number of thioether (sulfide) groups is 1. The van der Waals surface area contributed by atoms with Crippen molar-refractivity contribution in [3.63, 3.8) is 0 Å². The molecule has 0 amide bonds. The number of alkyl halides is 3. The van der Waals surface area contributed by atoms with E-state index in [-0.39, 0.29) is 40.9 Å². The number of carbonyl (C=O) groups is 1. The van der Waals surface area contributed by atoms with Crippen molar-refractivity contribution >= 4 is 27.8 Å². The molecule has 0 aromatic heterocycles. The molecule has 5 nitrogen and oxygen atoms in total. The van der Waals surface area contributed by atoms with E-state index in [0.717, 1.165) is 24.3 Å². The van der Waals surface area contributed by atoms with Gasteiger partial charge in [0.15, 0.2) is 0 Å². The topological polar surface area (TPSA) is 83.5 Å². The summed E-state index contributed by atoms with van der Waals surface area (Å²) in [6.45, 7) is -0.0618. The SMILES string of the molecule is O=C(O)CCCNS(=O)(=O)c1ccc(SC(F)(F)F)cc1. The first-order chi connectivity index (χ1) is 9.60. The summed E-state index contributed by atoms with van der Waals surface area (Å²) in [5, 5.41) is 8.41. The number of rotatable bonds is 7. The predicted molar refractivity (Wildman–Crippen MR) is 70.4 cm³/mol. The largest absolute Gasteiger partial charge is 0.481 e. The normalized spacial score (nSPS) is 12.3. The highest BCUT2D eigenvalue weighted by molar-refractivity contribution is 8.00. The van der Waals surface area contributed by atoms with Crippen LogP contribution < -0.4 is 4.72 Å². The second-order valence-electron chi connectivity index (χ2n) is 3.91. The van der Waals surface area contributed by atoms with Crippen LogP contribution in [0.4, 0.5) is 13.2 Å². The second-order valence-corrected chi connectivity index (χ2v) is 6.82. The smallest absolute Gasteiger partial charge is 0.446 e. The highest BCUT2D eigenvalue weighted by Crippen LogP contribution is 2.36. The molecule has 118 valence electrons. The quantitative estimate of drug-likeness (QED) is 0.587. The monoisotopic (exact) mass is 343 g/mol. The summed E-state index contributed by atoms with van der Waals surface area (Å²) in [7, 11) is -3.85. The van der Waals surface area contributed by atoms with E-state index in [4.69, 9.17) is 5.11 Å². The van der Waals surface area contributed by atoms with Gasteiger partial charge in [0.05, 0.1) is 4.90 Å². The lowest BCUT2D eigenvalue weighted by atomic mass is 10.3. The third kappa shape index (κ3) is 6.82. The molecule has 0 heterocycles. The van der Waals surface area contributed by atoms with E-state index in [0.29, 0.717) is 0 Å². The van der Waals surface area contributed by atoms with Gasteiger partial charge in [0.2, 0.25) is 10.0 Å². The maximum Gasteiger partial charge on any atom is 0.446 e. The Balaban J connectivity index is 2.65. The van der Waals surface area contributed by atoms with Crippen LogP contribution in [0.1, 0.15) is 12.8 Å². The molecular formula is C11H12F3NO4S2. The summed E-state index contributed by atoms with van der Waals surface area (Å²) in [5.41, 5.74) is -4.44. The molecule has 0 saturated heterocycles. The average molecular weight is 343 g/mol. The Kier molecular flexibility index (Phi) is 6.05. The van der Waals surface area contributed by atoms with Crippen LogP contribution in [0.15, 0.2) is 34.1 Å². The molecule has 0 bridgehead atoms. The van der Waals surface area contributed by atoms with Gasteiger partial charge >= 0.3 is 11.5 Å². The van der Waals surface area contributed by atoms with Gasteiger partial charge in [-0.25, -0.2) is 13.1 Å². The number of halogens is 3. The Morgan fingerprint density at radius 2 is 1.81 bits per heavy atom. The molecule has 2 N–H and O–H groups in total. The number of carboxylic acid groups (broad SMARTS) is 1. The van der Waals surface area contributed by atoms with Crippen molar-refractivity contribution in [2.24, 2.45) is 0 Å². The first-order valence-electron chi connectivity index (χ1n) is 5.67. The van der Waals surface area contributed by atoms with Gasteiger partial charge in [-0.1, -0.05) is 0 Å². The number of sulfonamides is 1. The van der Waals surface area contributed by atoms with Crippen LogP contribution >= 0.6 is 11.8 Å². The van der Waals surface area contributed by atoms with Crippen molar-refractivity contribution in [1.29, 1.82) is 0 Å². The fourth-order valence-corrected chi connectivity index (χ4v) is 2.96. The lowest BCUT2D eigenvalue weighted by Gasteiger charge is -2.08. The standard InChI is InChI=1S/C11H12F3NO4S2/c12-11(13,14)20-8-3-5-9(6-4-8)21(18,19)15-7-1-2-10(16)17/h3-6,15H,1-2,7H2,(H,16,17). The van der Waals surface area contributed by atoms with Crippen LogP contribution in [0.25, 0.3) is 0 Å². The second kappa shape index (κ2) is 7.14. The maximum absolute atomic E-state index is 12.1. The van der Waals surface area contributed by atoms with E-state index < -0.39 is 21.5 Å². The highest BCUT2D eigenvalue weighted by atomic mass is 32.2. The van der Waals surface area contributed by atoms with Crippen molar-refractivity contribution in [2.75, 3.05) is 6.54 Å². The molecule has 1 aromatic rings. The maximum atomic E-state index is 12.1. The summed E-state index contributed by atoms with van der Waals surface area (Å²) in [5.74, 6) is -1.04. The molecule has 0 radical (unpaired) electrons. The fourth-order valence-electron chi connectivity index (χ4n) is 1.35. The van der Waals surface area contributed by atoms with Crippen LogP contribution in [0.3, 0.4) is 0 Å².